The highest BCUT2D eigenvalue weighted by molar-refractivity contribution is 6.01. The second kappa shape index (κ2) is 7.13. The summed E-state index contributed by atoms with van der Waals surface area (Å²) in [6.45, 7) is 0. The molecule has 140 valence electrons. The third-order valence-electron chi connectivity index (χ3n) is 4.77. The molecule has 5 rings (SSSR count). The monoisotopic (exact) mass is 378 g/mol. The van der Waals surface area contributed by atoms with Crippen molar-refractivity contribution >= 4 is 16.9 Å². The van der Waals surface area contributed by atoms with Crippen LogP contribution in [0.5, 0.6) is 11.5 Å². The summed E-state index contributed by atoms with van der Waals surface area (Å²) in [5, 5.41) is 7.95. The van der Waals surface area contributed by atoms with Crippen LogP contribution >= 0.6 is 0 Å². The van der Waals surface area contributed by atoms with Gasteiger partial charge in [-0.25, -0.2) is 4.98 Å². The van der Waals surface area contributed by atoms with Crippen LogP contribution in [-0.2, 0) is 0 Å². The van der Waals surface area contributed by atoms with Crippen molar-refractivity contribution in [1.82, 2.24) is 15.2 Å². The van der Waals surface area contributed by atoms with Crippen molar-refractivity contribution in [3.05, 3.63) is 91.0 Å². The first-order valence-corrected chi connectivity index (χ1v) is 9.31. The quantitative estimate of drug-likeness (QED) is 0.423. The number of hydrogen-bond acceptors (Lipinski definition) is 4. The van der Waals surface area contributed by atoms with Crippen molar-refractivity contribution in [3.63, 3.8) is 0 Å². The molecular formula is C24H18N4O. The molecule has 3 N–H and O–H groups in total. The fourth-order valence-electron chi connectivity index (χ4n) is 3.36. The normalized spacial score (nSPS) is 10.9. The molecule has 2 heterocycles. The topological polar surface area (TPSA) is 76.8 Å². The molecule has 5 aromatic rings. The van der Waals surface area contributed by atoms with E-state index in [1.165, 1.54) is 0 Å². The van der Waals surface area contributed by atoms with Crippen molar-refractivity contribution in [2.24, 2.45) is 0 Å². The molecule has 0 bridgehead atoms. The molecule has 0 unspecified atom stereocenters. The number of rotatable bonds is 4. The van der Waals surface area contributed by atoms with Crippen LogP contribution in [0.4, 0.5) is 5.82 Å². The Morgan fingerprint density at radius 3 is 2.10 bits per heavy atom. The first-order chi connectivity index (χ1) is 14.3. The molecule has 0 aliphatic heterocycles. The van der Waals surface area contributed by atoms with Gasteiger partial charge >= 0.3 is 0 Å². The number of benzene rings is 3. The van der Waals surface area contributed by atoms with Crippen molar-refractivity contribution in [2.75, 3.05) is 5.73 Å². The summed E-state index contributed by atoms with van der Waals surface area (Å²) in [6.07, 6.45) is 0. The molecule has 0 aliphatic rings. The van der Waals surface area contributed by atoms with Crippen LogP contribution < -0.4 is 10.5 Å². The second-order valence-corrected chi connectivity index (χ2v) is 6.70. The number of hydrogen-bond donors (Lipinski definition) is 2. The van der Waals surface area contributed by atoms with Crippen LogP contribution in [0, 0.1) is 0 Å². The highest BCUT2D eigenvalue weighted by atomic mass is 16.5. The summed E-state index contributed by atoms with van der Waals surface area (Å²) in [5.74, 6) is 2.08. The number of fused-ring (bicyclic) bond motifs is 1. The van der Waals surface area contributed by atoms with E-state index in [1.54, 1.807) is 0 Å². The second-order valence-electron chi connectivity index (χ2n) is 6.70. The number of anilines is 1. The highest BCUT2D eigenvalue weighted by Crippen LogP contribution is 2.35. The van der Waals surface area contributed by atoms with Crippen LogP contribution in [0.1, 0.15) is 0 Å². The lowest BCUT2D eigenvalue weighted by Crippen LogP contribution is -1.91. The lowest BCUT2D eigenvalue weighted by atomic mass is 10.00. The zero-order valence-electron chi connectivity index (χ0n) is 15.5. The summed E-state index contributed by atoms with van der Waals surface area (Å²) in [5.41, 5.74) is 10.6. The van der Waals surface area contributed by atoms with Gasteiger partial charge < -0.3 is 10.5 Å². The highest BCUT2D eigenvalue weighted by Gasteiger charge is 2.14. The predicted octanol–water partition coefficient (Wildman–Crippen LogP) is 5.67. The molecule has 3 aromatic carbocycles. The summed E-state index contributed by atoms with van der Waals surface area (Å²) in [6, 6.07) is 29.8. The Hall–Kier alpha value is -4.12. The predicted molar refractivity (Wildman–Crippen MR) is 116 cm³/mol. The van der Waals surface area contributed by atoms with Gasteiger partial charge in [0.1, 0.15) is 17.3 Å². The Kier molecular flexibility index (Phi) is 4.18. The molecule has 0 atom stereocenters. The zero-order valence-corrected chi connectivity index (χ0v) is 15.5. The number of ether oxygens (including phenoxy) is 1. The summed E-state index contributed by atoms with van der Waals surface area (Å²) < 4.78 is 5.90. The van der Waals surface area contributed by atoms with Crippen molar-refractivity contribution in [2.45, 2.75) is 0 Å². The number of aromatic amines is 1. The number of pyridine rings is 1. The summed E-state index contributed by atoms with van der Waals surface area (Å²) in [7, 11) is 0. The van der Waals surface area contributed by atoms with Gasteiger partial charge in [0.15, 0.2) is 5.65 Å². The fourth-order valence-corrected chi connectivity index (χ4v) is 3.36. The number of aromatic nitrogens is 3. The smallest absolute Gasteiger partial charge is 0.184 e. The molecule has 0 amide bonds. The molecule has 5 heteroatoms. The van der Waals surface area contributed by atoms with Gasteiger partial charge in [0.2, 0.25) is 0 Å². The molecule has 0 spiro atoms. The molecule has 0 saturated heterocycles. The number of nitrogens with zero attached hydrogens (tertiary/aromatic N) is 2. The van der Waals surface area contributed by atoms with Crippen LogP contribution in [0.2, 0.25) is 0 Å². The van der Waals surface area contributed by atoms with E-state index in [4.69, 9.17) is 10.5 Å². The zero-order chi connectivity index (χ0) is 19.6. The Morgan fingerprint density at radius 2 is 1.38 bits per heavy atom. The molecule has 0 radical (unpaired) electrons. The van der Waals surface area contributed by atoms with Crippen LogP contribution in [0.25, 0.3) is 33.4 Å². The van der Waals surface area contributed by atoms with Gasteiger partial charge in [-0.2, -0.15) is 5.10 Å². The summed E-state index contributed by atoms with van der Waals surface area (Å²) in [4.78, 5) is 4.68. The van der Waals surface area contributed by atoms with Crippen LogP contribution in [-0.4, -0.2) is 15.2 Å². The van der Waals surface area contributed by atoms with Gasteiger partial charge in [-0.3, -0.25) is 5.10 Å². The van der Waals surface area contributed by atoms with Gasteiger partial charge in [0.25, 0.3) is 0 Å². The third-order valence-corrected chi connectivity index (χ3v) is 4.77. The van der Waals surface area contributed by atoms with Crippen molar-refractivity contribution in [3.8, 4) is 33.9 Å². The fraction of sp³-hybridized carbons (Fsp3) is 0. The Bertz CT molecular complexity index is 1260. The number of nitrogen functional groups attached to an aromatic ring is 1. The Balaban J connectivity index is 1.58. The number of H-pyrrole nitrogens is 1. The minimum absolute atomic E-state index is 0.506. The maximum atomic E-state index is 6.15. The van der Waals surface area contributed by atoms with Gasteiger partial charge in [-0.05, 0) is 41.5 Å². The number of para-hydroxylation sites is 1. The largest absolute Gasteiger partial charge is 0.457 e. The van der Waals surface area contributed by atoms with Gasteiger partial charge in [0.05, 0.1) is 11.1 Å². The molecule has 0 aliphatic carbocycles. The molecule has 0 saturated carbocycles. The van der Waals surface area contributed by atoms with Crippen molar-refractivity contribution in [1.29, 1.82) is 0 Å². The minimum atomic E-state index is 0.506. The standard InChI is InChI=1S/C24H18N4O/c25-23-22-20(15-21(26-24(22)28-27-23)17-7-3-1-4-8-17)16-11-13-19(14-12-16)29-18-9-5-2-6-10-18/h1-15H,(H3,25,26,27,28). The number of nitrogens with two attached hydrogens (primary N) is 1. The first kappa shape index (κ1) is 17.0. The van der Waals surface area contributed by atoms with E-state index in [1.807, 2.05) is 84.9 Å². The molecule has 5 nitrogen and oxygen atoms in total. The molecular weight excluding hydrogens is 360 g/mol. The van der Waals surface area contributed by atoms with Crippen LogP contribution in [0.3, 0.4) is 0 Å². The SMILES string of the molecule is Nc1[nH]nc2nc(-c3ccccc3)cc(-c3ccc(Oc4ccccc4)cc3)c12. The summed E-state index contributed by atoms with van der Waals surface area (Å²) >= 11 is 0. The first-order valence-electron chi connectivity index (χ1n) is 9.31. The van der Waals surface area contributed by atoms with Crippen molar-refractivity contribution < 1.29 is 4.74 Å². The maximum Gasteiger partial charge on any atom is 0.184 e. The third kappa shape index (κ3) is 3.30. The lowest BCUT2D eigenvalue weighted by molar-refractivity contribution is 0.483. The average Bonchev–Trinajstić information content (AvgIpc) is 3.16. The van der Waals surface area contributed by atoms with Gasteiger partial charge in [0, 0.05) is 5.56 Å². The van der Waals surface area contributed by atoms with E-state index in [0.717, 1.165) is 39.3 Å². The number of nitrogens with one attached hydrogen (secondary N) is 1. The van der Waals surface area contributed by atoms with E-state index >= 15 is 0 Å². The van der Waals surface area contributed by atoms with Gasteiger partial charge in [-0.15, -0.1) is 0 Å². The molecule has 2 aromatic heterocycles. The Labute approximate surface area is 167 Å². The van der Waals surface area contributed by atoms with Crippen LogP contribution in [0.15, 0.2) is 91.0 Å². The van der Waals surface area contributed by atoms with E-state index in [2.05, 4.69) is 21.2 Å². The molecule has 29 heavy (non-hydrogen) atoms. The van der Waals surface area contributed by atoms with E-state index in [0.29, 0.717) is 11.5 Å². The lowest BCUT2D eigenvalue weighted by Gasteiger charge is -2.10. The maximum absolute atomic E-state index is 6.15. The molecule has 0 fully saturated rings. The van der Waals surface area contributed by atoms with Gasteiger partial charge in [-0.1, -0.05) is 60.7 Å². The van der Waals surface area contributed by atoms with E-state index in [9.17, 15) is 0 Å². The van der Waals surface area contributed by atoms with E-state index in [-0.39, 0.29) is 0 Å². The Morgan fingerprint density at radius 1 is 0.724 bits per heavy atom. The average molecular weight is 378 g/mol. The minimum Gasteiger partial charge on any atom is -0.457 e. The van der Waals surface area contributed by atoms with E-state index < -0.39 is 0 Å².